The van der Waals surface area contributed by atoms with Crippen molar-refractivity contribution in [3.05, 3.63) is 87.3 Å². The van der Waals surface area contributed by atoms with Crippen molar-refractivity contribution < 1.29 is 4.42 Å². The molecule has 1 N–H and O–H groups in total. The van der Waals surface area contributed by atoms with Crippen molar-refractivity contribution in [1.82, 2.24) is 9.66 Å². The Bertz CT molecular complexity index is 1070. The predicted octanol–water partition coefficient (Wildman–Crippen LogP) is 4.16. The van der Waals surface area contributed by atoms with Gasteiger partial charge in [-0.05, 0) is 42.0 Å². The molecule has 0 aliphatic carbocycles. The number of nitrogens with zero attached hydrogens (tertiary/aromatic N) is 2. The van der Waals surface area contributed by atoms with Gasteiger partial charge < -0.3 is 9.84 Å². The van der Waals surface area contributed by atoms with Crippen LogP contribution in [-0.4, -0.2) is 9.66 Å². The minimum atomic E-state index is -0.158. The standard InChI is InChI=1S/C19H14BrN3O2/c20-14-9-7-13(8-10-14)12-21-23-18(17-6-3-11-25-17)22-16-5-2-1-4-15(16)19(23)24/h1-11,21H,12H2. The highest BCUT2D eigenvalue weighted by Gasteiger charge is 2.14. The van der Waals surface area contributed by atoms with Crippen molar-refractivity contribution >= 4 is 26.8 Å². The number of halogens is 1. The lowest BCUT2D eigenvalue weighted by atomic mass is 10.2. The Morgan fingerprint density at radius 1 is 1.04 bits per heavy atom. The molecular weight excluding hydrogens is 382 g/mol. The summed E-state index contributed by atoms with van der Waals surface area (Å²) in [5.41, 5.74) is 4.69. The molecule has 4 aromatic rings. The van der Waals surface area contributed by atoms with Gasteiger partial charge in [-0.2, -0.15) is 0 Å². The molecule has 0 atom stereocenters. The first-order chi connectivity index (χ1) is 12.2. The molecule has 0 radical (unpaired) electrons. The second-order valence-corrected chi connectivity index (χ2v) is 6.45. The topological polar surface area (TPSA) is 60.1 Å². The minimum Gasteiger partial charge on any atom is -0.461 e. The summed E-state index contributed by atoms with van der Waals surface area (Å²) in [6.07, 6.45) is 1.57. The number of nitrogens with one attached hydrogen (secondary N) is 1. The molecule has 2 aromatic carbocycles. The smallest absolute Gasteiger partial charge is 0.280 e. The van der Waals surface area contributed by atoms with E-state index < -0.39 is 0 Å². The third-order valence-corrected chi connectivity index (χ3v) is 4.40. The molecule has 124 valence electrons. The predicted molar refractivity (Wildman–Crippen MR) is 101 cm³/mol. The van der Waals surface area contributed by atoms with E-state index in [1.54, 1.807) is 24.5 Å². The molecule has 0 spiro atoms. The summed E-state index contributed by atoms with van der Waals surface area (Å²) in [5, 5.41) is 0.557. The van der Waals surface area contributed by atoms with Gasteiger partial charge in [-0.15, -0.1) is 0 Å². The quantitative estimate of drug-likeness (QED) is 0.563. The van der Waals surface area contributed by atoms with Crippen LogP contribution in [0.4, 0.5) is 0 Å². The van der Waals surface area contributed by atoms with Crippen LogP contribution in [0.1, 0.15) is 5.56 Å². The zero-order valence-electron chi connectivity index (χ0n) is 13.1. The van der Waals surface area contributed by atoms with Gasteiger partial charge in [0.25, 0.3) is 5.56 Å². The van der Waals surface area contributed by atoms with Gasteiger partial charge in [0.15, 0.2) is 11.6 Å². The van der Waals surface area contributed by atoms with Crippen LogP contribution < -0.4 is 11.0 Å². The first-order valence-corrected chi connectivity index (χ1v) is 8.56. The Morgan fingerprint density at radius 2 is 1.84 bits per heavy atom. The summed E-state index contributed by atoms with van der Waals surface area (Å²) >= 11 is 3.42. The first-order valence-electron chi connectivity index (χ1n) is 7.76. The number of para-hydroxylation sites is 1. The van der Waals surface area contributed by atoms with Gasteiger partial charge in [-0.1, -0.05) is 40.2 Å². The monoisotopic (exact) mass is 395 g/mol. The molecule has 5 nitrogen and oxygen atoms in total. The number of aromatic nitrogens is 2. The van der Waals surface area contributed by atoms with E-state index in [2.05, 4.69) is 26.3 Å². The summed E-state index contributed by atoms with van der Waals surface area (Å²) in [6.45, 7) is 0.487. The lowest BCUT2D eigenvalue weighted by Gasteiger charge is -2.14. The molecule has 0 saturated carbocycles. The van der Waals surface area contributed by atoms with Crippen molar-refractivity contribution in [2.45, 2.75) is 6.54 Å². The summed E-state index contributed by atoms with van der Waals surface area (Å²) < 4.78 is 7.92. The largest absolute Gasteiger partial charge is 0.461 e. The van der Waals surface area contributed by atoms with Crippen LogP contribution in [0.15, 0.2) is 80.6 Å². The van der Waals surface area contributed by atoms with Crippen LogP contribution in [-0.2, 0) is 6.54 Å². The lowest BCUT2D eigenvalue weighted by molar-refractivity contribution is 0.571. The molecule has 0 amide bonds. The van der Waals surface area contributed by atoms with E-state index in [-0.39, 0.29) is 5.56 Å². The molecule has 6 heteroatoms. The van der Waals surface area contributed by atoms with E-state index in [9.17, 15) is 4.79 Å². The second kappa shape index (κ2) is 6.57. The Hall–Kier alpha value is -2.86. The van der Waals surface area contributed by atoms with E-state index in [1.807, 2.05) is 42.5 Å². The van der Waals surface area contributed by atoms with Gasteiger partial charge in [0, 0.05) is 4.47 Å². The molecule has 0 saturated heterocycles. The molecule has 0 aliphatic rings. The van der Waals surface area contributed by atoms with Gasteiger partial charge in [-0.3, -0.25) is 4.79 Å². The Kier molecular flexibility index (Phi) is 4.11. The van der Waals surface area contributed by atoms with Crippen molar-refractivity contribution in [2.24, 2.45) is 0 Å². The van der Waals surface area contributed by atoms with Crippen molar-refractivity contribution in [3.63, 3.8) is 0 Å². The molecule has 2 aromatic heterocycles. The number of hydrogen-bond donors (Lipinski definition) is 1. The van der Waals surface area contributed by atoms with Gasteiger partial charge in [0.2, 0.25) is 0 Å². The zero-order chi connectivity index (χ0) is 17.2. The molecule has 0 unspecified atom stereocenters. The lowest BCUT2D eigenvalue weighted by Crippen LogP contribution is -2.31. The third-order valence-electron chi connectivity index (χ3n) is 3.87. The average Bonchev–Trinajstić information content (AvgIpc) is 3.17. The fraction of sp³-hybridized carbons (Fsp3) is 0.0526. The Morgan fingerprint density at radius 3 is 2.60 bits per heavy atom. The second-order valence-electron chi connectivity index (χ2n) is 5.53. The Balaban J connectivity index is 1.80. The SMILES string of the molecule is O=c1c2ccccc2nc(-c2ccco2)n1NCc1ccc(Br)cc1. The number of furan rings is 1. The van der Waals surface area contributed by atoms with E-state index in [0.29, 0.717) is 29.0 Å². The van der Waals surface area contributed by atoms with Gasteiger partial charge in [-0.25, -0.2) is 9.66 Å². The van der Waals surface area contributed by atoms with Crippen molar-refractivity contribution in [2.75, 3.05) is 5.43 Å². The fourth-order valence-corrected chi connectivity index (χ4v) is 2.89. The molecule has 0 aliphatic heterocycles. The number of rotatable bonds is 4. The fourth-order valence-electron chi connectivity index (χ4n) is 2.62. The van der Waals surface area contributed by atoms with Gasteiger partial charge in [0.05, 0.1) is 23.7 Å². The number of benzene rings is 2. The third kappa shape index (κ3) is 3.08. The molecule has 0 fully saturated rings. The highest BCUT2D eigenvalue weighted by molar-refractivity contribution is 9.10. The van der Waals surface area contributed by atoms with Crippen molar-refractivity contribution in [3.8, 4) is 11.6 Å². The van der Waals surface area contributed by atoms with E-state index in [0.717, 1.165) is 10.0 Å². The molecular formula is C19H14BrN3O2. The van der Waals surface area contributed by atoms with Crippen LogP contribution in [0.2, 0.25) is 0 Å². The van der Waals surface area contributed by atoms with E-state index in [1.165, 1.54) is 4.68 Å². The maximum atomic E-state index is 12.9. The van der Waals surface area contributed by atoms with Crippen LogP contribution in [0, 0.1) is 0 Å². The normalized spacial score (nSPS) is 10.9. The first kappa shape index (κ1) is 15.7. The molecule has 0 bridgehead atoms. The average molecular weight is 396 g/mol. The zero-order valence-corrected chi connectivity index (χ0v) is 14.7. The van der Waals surface area contributed by atoms with Crippen molar-refractivity contribution in [1.29, 1.82) is 0 Å². The summed E-state index contributed by atoms with van der Waals surface area (Å²) in [6, 6.07) is 18.8. The summed E-state index contributed by atoms with van der Waals surface area (Å²) in [4.78, 5) is 17.5. The molecule has 25 heavy (non-hydrogen) atoms. The van der Waals surface area contributed by atoms with E-state index in [4.69, 9.17) is 4.42 Å². The maximum absolute atomic E-state index is 12.9. The van der Waals surface area contributed by atoms with Gasteiger partial charge in [0.1, 0.15) is 0 Å². The highest BCUT2D eigenvalue weighted by Crippen LogP contribution is 2.19. The van der Waals surface area contributed by atoms with Crippen LogP contribution >= 0.6 is 15.9 Å². The minimum absolute atomic E-state index is 0.158. The van der Waals surface area contributed by atoms with E-state index >= 15 is 0 Å². The number of fused-ring (bicyclic) bond motifs is 1. The van der Waals surface area contributed by atoms with Crippen LogP contribution in [0.25, 0.3) is 22.5 Å². The Labute approximate surface area is 152 Å². The maximum Gasteiger partial charge on any atom is 0.280 e. The summed E-state index contributed by atoms with van der Waals surface area (Å²) in [5.74, 6) is 0.983. The summed E-state index contributed by atoms with van der Waals surface area (Å²) in [7, 11) is 0. The van der Waals surface area contributed by atoms with Crippen LogP contribution in [0.5, 0.6) is 0 Å². The highest BCUT2D eigenvalue weighted by atomic mass is 79.9. The molecule has 4 rings (SSSR count). The number of hydrogen-bond acceptors (Lipinski definition) is 4. The van der Waals surface area contributed by atoms with Crippen LogP contribution in [0.3, 0.4) is 0 Å². The molecule has 2 heterocycles. The van der Waals surface area contributed by atoms with Gasteiger partial charge >= 0.3 is 0 Å².